The molecule has 2 N–H and O–H groups in total. The van der Waals surface area contributed by atoms with E-state index in [4.69, 9.17) is 0 Å². The van der Waals surface area contributed by atoms with Gasteiger partial charge in [0.1, 0.15) is 5.82 Å². The summed E-state index contributed by atoms with van der Waals surface area (Å²) in [6.07, 6.45) is 2.15. The van der Waals surface area contributed by atoms with E-state index in [0.29, 0.717) is 11.5 Å². The first kappa shape index (κ1) is 15.3. The number of hydrogen-bond donors (Lipinski definition) is 2. The normalized spacial score (nSPS) is 21.1. The van der Waals surface area contributed by atoms with Gasteiger partial charge in [-0.05, 0) is 62.9 Å². The maximum Gasteiger partial charge on any atom is 0.126 e. The molecule has 1 aliphatic heterocycles. The lowest BCUT2D eigenvalue weighted by atomic mass is 9.95. The predicted octanol–water partition coefficient (Wildman–Crippen LogP) is 2.62. The van der Waals surface area contributed by atoms with Gasteiger partial charge in [-0.25, -0.2) is 4.39 Å². The molecule has 4 heteroatoms. The quantitative estimate of drug-likeness (QED) is 0.890. The van der Waals surface area contributed by atoms with Crippen LogP contribution in [0.3, 0.4) is 0 Å². The minimum atomic E-state index is -0.151. The molecule has 112 valence electrons. The number of aryl methyl sites for hydroxylation is 1. The Balaban J connectivity index is 2.35. The Bertz CT molecular complexity index is 464. The average molecular weight is 280 g/mol. The highest BCUT2D eigenvalue weighted by atomic mass is 19.1. The minimum Gasteiger partial charge on any atom is -0.396 e. The zero-order valence-corrected chi connectivity index (χ0v) is 12.6. The van der Waals surface area contributed by atoms with Crippen LogP contribution in [-0.4, -0.2) is 31.9 Å². The van der Waals surface area contributed by atoms with Gasteiger partial charge in [0.25, 0.3) is 0 Å². The maximum absolute atomic E-state index is 13.9. The number of rotatable bonds is 4. The van der Waals surface area contributed by atoms with Crippen molar-refractivity contribution in [2.24, 2.45) is 5.92 Å². The van der Waals surface area contributed by atoms with Gasteiger partial charge < -0.3 is 15.3 Å². The molecule has 1 aromatic carbocycles. The van der Waals surface area contributed by atoms with Crippen molar-refractivity contribution in [2.75, 3.05) is 31.6 Å². The van der Waals surface area contributed by atoms with Crippen LogP contribution in [0.1, 0.15) is 36.9 Å². The van der Waals surface area contributed by atoms with Crippen LogP contribution >= 0.6 is 0 Å². The molecule has 3 nitrogen and oxygen atoms in total. The van der Waals surface area contributed by atoms with Crippen LogP contribution in [0.4, 0.5) is 10.1 Å². The fraction of sp³-hybridized carbons (Fsp3) is 0.625. The summed E-state index contributed by atoms with van der Waals surface area (Å²) in [5, 5.41) is 12.6. The first-order chi connectivity index (χ1) is 9.56. The van der Waals surface area contributed by atoms with Crippen molar-refractivity contribution in [2.45, 2.75) is 32.7 Å². The molecule has 20 heavy (non-hydrogen) atoms. The van der Waals surface area contributed by atoms with Gasteiger partial charge in [0.15, 0.2) is 0 Å². The first-order valence-electron chi connectivity index (χ1n) is 7.40. The lowest BCUT2D eigenvalue weighted by Crippen LogP contribution is -2.37. The van der Waals surface area contributed by atoms with Crippen molar-refractivity contribution in [3.05, 3.63) is 29.1 Å². The molecule has 2 unspecified atom stereocenters. The fourth-order valence-corrected chi connectivity index (χ4v) is 2.89. The summed E-state index contributed by atoms with van der Waals surface area (Å²) >= 11 is 0. The van der Waals surface area contributed by atoms with Crippen LogP contribution in [0.15, 0.2) is 12.1 Å². The van der Waals surface area contributed by atoms with Gasteiger partial charge >= 0.3 is 0 Å². The van der Waals surface area contributed by atoms with Crippen LogP contribution in [0.2, 0.25) is 0 Å². The van der Waals surface area contributed by atoms with Gasteiger partial charge in [0, 0.05) is 31.4 Å². The highest BCUT2D eigenvalue weighted by Gasteiger charge is 2.23. The summed E-state index contributed by atoms with van der Waals surface area (Å²) in [5.74, 6) is 0.174. The van der Waals surface area contributed by atoms with Gasteiger partial charge in [0.05, 0.1) is 0 Å². The van der Waals surface area contributed by atoms with Crippen molar-refractivity contribution in [3.63, 3.8) is 0 Å². The molecule has 1 saturated heterocycles. The number of hydrogen-bond acceptors (Lipinski definition) is 3. The van der Waals surface area contributed by atoms with E-state index in [1.54, 1.807) is 13.0 Å². The van der Waals surface area contributed by atoms with Gasteiger partial charge in [0.2, 0.25) is 0 Å². The first-order valence-corrected chi connectivity index (χ1v) is 7.40. The molecular formula is C16H25FN2O. The fourth-order valence-electron chi connectivity index (χ4n) is 2.89. The topological polar surface area (TPSA) is 35.5 Å². The molecular weight excluding hydrogens is 255 g/mol. The summed E-state index contributed by atoms with van der Waals surface area (Å²) in [4.78, 5) is 2.29. The van der Waals surface area contributed by atoms with E-state index in [1.807, 2.05) is 20.0 Å². The molecule has 0 aliphatic carbocycles. The maximum atomic E-state index is 13.9. The molecule has 0 bridgehead atoms. The number of nitrogens with zero attached hydrogens (tertiary/aromatic N) is 1. The molecule has 2 atom stereocenters. The van der Waals surface area contributed by atoms with Crippen LogP contribution in [-0.2, 0) is 0 Å². The third-order valence-electron chi connectivity index (χ3n) is 4.33. The number of piperidine rings is 1. The van der Waals surface area contributed by atoms with Gasteiger partial charge in [-0.3, -0.25) is 0 Å². The number of benzene rings is 1. The molecule has 1 heterocycles. The Labute approximate surface area is 120 Å². The zero-order valence-electron chi connectivity index (χ0n) is 12.6. The number of halogens is 1. The molecule has 2 rings (SSSR count). The van der Waals surface area contributed by atoms with Crippen LogP contribution in [0, 0.1) is 18.7 Å². The molecule has 0 amide bonds. The largest absolute Gasteiger partial charge is 0.396 e. The molecule has 1 fully saturated rings. The second-order valence-electron chi connectivity index (χ2n) is 5.81. The summed E-state index contributed by atoms with van der Waals surface area (Å²) in [6, 6.07) is 3.70. The van der Waals surface area contributed by atoms with Gasteiger partial charge in [-0.2, -0.15) is 0 Å². The smallest absolute Gasteiger partial charge is 0.126 e. The van der Waals surface area contributed by atoms with E-state index >= 15 is 0 Å². The molecule has 1 aromatic rings. The lowest BCUT2D eigenvalue weighted by molar-refractivity contribution is 0.208. The summed E-state index contributed by atoms with van der Waals surface area (Å²) in [6.45, 7) is 5.91. The van der Waals surface area contributed by atoms with Crippen molar-refractivity contribution >= 4 is 5.69 Å². The van der Waals surface area contributed by atoms with Crippen molar-refractivity contribution in [1.82, 2.24) is 5.32 Å². The van der Waals surface area contributed by atoms with E-state index in [-0.39, 0.29) is 18.5 Å². The molecule has 0 radical (unpaired) electrons. The number of aliphatic hydroxyl groups excluding tert-OH is 1. The van der Waals surface area contributed by atoms with Crippen LogP contribution < -0.4 is 10.2 Å². The molecule has 0 saturated carbocycles. The average Bonchev–Trinajstić information content (AvgIpc) is 2.48. The Kier molecular flexibility index (Phi) is 5.00. The Hall–Kier alpha value is -1.13. The van der Waals surface area contributed by atoms with Crippen molar-refractivity contribution in [1.29, 1.82) is 0 Å². The van der Waals surface area contributed by atoms with E-state index < -0.39 is 0 Å². The number of anilines is 1. The van der Waals surface area contributed by atoms with Crippen LogP contribution in [0.5, 0.6) is 0 Å². The van der Waals surface area contributed by atoms with Crippen LogP contribution in [0.25, 0.3) is 0 Å². The third-order valence-corrected chi connectivity index (χ3v) is 4.33. The molecule has 0 aromatic heterocycles. The number of aliphatic hydroxyl groups is 1. The molecule has 0 spiro atoms. The highest BCUT2D eigenvalue weighted by Crippen LogP contribution is 2.32. The number of nitrogens with one attached hydrogen (secondary N) is 1. The van der Waals surface area contributed by atoms with Crippen molar-refractivity contribution < 1.29 is 9.50 Å². The van der Waals surface area contributed by atoms with Gasteiger partial charge in [-0.15, -0.1) is 0 Å². The Morgan fingerprint density at radius 2 is 2.25 bits per heavy atom. The van der Waals surface area contributed by atoms with E-state index in [1.165, 1.54) is 0 Å². The SMILES string of the molecule is CNC(C)c1cc(F)c(C)cc1N1CCCC(CO)C1. The Morgan fingerprint density at radius 1 is 1.50 bits per heavy atom. The summed E-state index contributed by atoms with van der Waals surface area (Å²) in [5.41, 5.74) is 2.77. The second-order valence-corrected chi connectivity index (χ2v) is 5.81. The van der Waals surface area contributed by atoms with Crippen molar-refractivity contribution in [3.8, 4) is 0 Å². The monoisotopic (exact) mass is 280 g/mol. The Morgan fingerprint density at radius 3 is 2.90 bits per heavy atom. The summed E-state index contributed by atoms with van der Waals surface area (Å²) in [7, 11) is 1.89. The van der Waals surface area contributed by atoms with E-state index in [2.05, 4.69) is 10.2 Å². The summed E-state index contributed by atoms with van der Waals surface area (Å²) < 4.78 is 13.9. The third kappa shape index (κ3) is 3.13. The predicted molar refractivity (Wildman–Crippen MR) is 80.6 cm³/mol. The van der Waals surface area contributed by atoms with E-state index in [0.717, 1.165) is 37.2 Å². The minimum absolute atomic E-state index is 0.106. The second kappa shape index (κ2) is 6.55. The molecule has 1 aliphatic rings. The van der Waals surface area contributed by atoms with E-state index in [9.17, 15) is 9.50 Å². The van der Waals surface area contributed by atoms with Gasteiger partial charge in [-0.1, -0.05) is 0 Å². The zero-order chi connectivity index (χ0) is 14.7. The highest BCUT2D eigenvalue weighted by molar-refractivity contribution is 5.57. The lowest BCUT2D eigenvalue weighted by Gasteiger charge is -2.36. The standard InChI is InChI=1S/C16H25FN2O/c1-11-7-16(14(8-15(11)17)12(2)18-3)19-6-4-5-13(9-19)10-20/h7-8,12-13,18,20H,4-6,9-10H2,1-3H3.